The summed E-state index contributed by atoms with van der Waals surface area (Å²) < 4.78 is 11.3. The van der Waals surface area contributed by atoms with E-state index in [1.165, 1.54) is 6.33 Å². The van der Waals surface area contributed by atoms with Crippen molar-refractivity contribution in [2.24, 2.45) is 0 Å². The number of anilines is 1. The van der Waals surface area contributed by atoms with E-state index in [0.29, 0.717) is 25.2 Å². The fourth-order valence-corrected chi connectivity index (χ4v) is 2.25. The molecule has 1 aromatic rings. The van der Waals surface area contributed by atoms with Crippen molar-refractivity contribution in [3.63, 3.8) is 0 Å². The normalized spacial score (nSPS) is 16.1. The van der Waals surface area contributed by atoms with E-state index in [2.05, 4.69) is 20.6 Å². The second-order valence-corrected chi connectivity index (χ2v) is 4.83. The molecule has 0 aliphatic carbocycles. The Bertz CT molecular complexity index is 408. The van der Waals surface area contributed by atoms with Crippen LogP contribution in [-0.2, 0) is 4.74 Å². The van der Waals surface area contributed by atoms with Crippen molar-refractivity contribution < 1.29 is 9.47 Å². The molecule has 0 aromatic carbocycles. The number of hydrogen-bond donors (Lipinski definition) is 2. The van der Waals surface area contributed by atoms with Gasteiger partial charge in [-0.05, 0) is 39.8 Å². The van der Waals surface area contributed by atoms with Crippen LogP contribution < -0.4 is 15.4 Å². The zero-order chi connectivity index (χ0) is 14.2. The first-order valence-corrected chi connectivity index (χ1v) is 7.32. The van der Waals surface area contributed by atoms with Crippen LogP contribution in [0.2, 0.25) is 0 Å². The Balaban J connectivity index is 1.74. The second kappa shape index (κ2) is 8.01. The summed E-state index contributed by atoms with van der Waals surface area (Å²) in [5, 5.41) is 6.61. The summed E-state index contributed by atoms with van der Waals surface area (Å²) in [6, 6.07) is 0. The summed E-state index contributed by atoms with van der Waals surface area (Å²) >= 11 is 0. The molecule has 0 saturated carbocycles. The van der Waals surface area contributed by atoms with Gasteiger partial charge in [0.15, 0.2) is 0 Å². The summed E-state index contributed by atoms with van der Waals surface area (Å²) in [5.41, 5.74) is 0.941. The number of aromatic nitrogens is 2. The average molecular weight is 280 g/mol. The molecule has 6 heteroatoms. The predicted molar refractivity (Wildman–Crippen MR) is 78.3 cm³/mol. The van der Waals surface area contributed by atoms with Crippen molar-refractivity contribution in [3.05, 3.63) is 11.9 Å². The van der Waals surface area contributed by atoms with E-state index in [4.69, 9.17) is 9.47 Å². The number of piperidine rings is 1. The standard InChI is InChI=1S/C14H24N4O2/c1-3-19-14-11(2)13(17-10-18-14)16-8-9-20-12-4-6-15-7-5-12/h10,12,15H,3-9H2,1-2H3,(H,16,17,18). The molecule has 0 spiro atoms. The summed E-state index contributed by atoms with van der Waals surface area (Å²) in [6.45, 7) is 8.06. The van der Waals surface area contributed by atoms with E-state index in [1.54, 1.807) is 0 Å². The van der Waals surface area contributed by atoms with Crippen LogP contribution in [0.1, 0.15) is 25.3 Å². The van der Waals surface area contributed by atoms with Gasteiger partial charge in [-0.15, -0.1) is 0 Å². The molecular weight excluding hydrogens is 256 g/mol. The molecule has 2 N–H and O–H groups in total. The smallest absolute Gasteiger partial charge is 0.221 e. The first kappa shape index (κ1) is 15.0. The molecule has 1 fully saturated rings. The van der Waals surface area contributed by atoms with Crippen molar-refractivity contribution in [1.82, 2.24) is 15.3 Å². The molecule has 0 unspecified atom stereocenters. The highest BCUT2D eigenvalue weighted by molar-refractivity contribution is 5.47. The van der Waals surface area contributed by atoms with Crippen LogP contribution in [0.15, 0.2) is 6.33 Å². The largest absolute Gasteiger partial charge is 0.478 e. The highest BCUT2D eigenvalue weighted by atomic mass is 16.5. The predicted octanol–water partition coefficient (Wildman–Crippen LogP) is 1.36. The van der Waals surface area contributed by atoms with Gasteiger partial charge in [0.2, 0.25) is 5.88 Å². The van der Waals surface area contributed by atoms with E-state index in [9.17, 15) is 0 Å². The second-order valence-electron chi connectivity index (χ2n) is 4.83. The Morgan fingerprint density at radius 1 is 1.35 bits per heavy atom. The molecule has 2 heterocycles. The van der Waals surface area contributed by atoms with Gasteiger partial charge in [0.05, 0.1) is 24.9 Å². The van der Waals surface area contributed by atoms with Gasteiger partial charge in [0, 0.05) is 6.54 Å². The number of ether oxygens (including phenoxy) is 2. The maximum absolute atomic E-state index is 5.85. The van der Waals surface area contributed by atoms with Gasteiger partial charge >= 0.3 is 0 Å². The minimum absolute atomic E-state index is 0.392. The van der Waals surface area contributed by atoms with Crippen LogP contribution in [0, 0.1) is 6.92 Å². The zero-order valence-electron chi connectivity index (χ0n) is 12.3. The first-order chi connectivity index (χ1) is 9.81. The Kier molecular flexibility index (Phi) is 6.01. The molecule has 0 radical (unpaired) electrons. The fourth-order valence-electron chi connectivity index (χ4n) is 2.25. The van der Waals surface area contributed by atoms with Crippen LogP contribution in [0.3, 0.4) is 0 Å². The van der Waals surface area contributed by atoms with Crippen LogP contribution >= 0.6 is 0 Å². The lowest BCUT2D eigenvalue weighted by Gasteiger charge is -2.23. The molecule has 1 aliphatic rings. The van der Waals surface area contributed by atoms with Crippen LogP contribution in [-0.4, -0.2) is 48.9 Å². The quantitative estimate of drug-likeness (QED) is 0.735. The SMILES string of the molecule is CCOc1ncnc(NCCOC2CCNCC2)c1C. The summed E-state index contributed by atoms with van der Waals surface area (Å²) in [6.07, 6.45) is 4.11. The van der Waals surface area contributed by atoms with Gasteiger partial charge in [0.1, 0.15) is 12.1 Å². The minimum Gasteiger partial charge on any atom is -0.478 e. The van der Waals surface area contributed by atoms with Gasteiger partial charge in [0.25, 0.3) is 0 Å². The Hall–Kier alpha value is -1.40. The monoisotopic (exact) mass is 280 g/mol. The number of nitrogens with zero attached hydrogens (tertiary/aromatic N) is 2. The maximum atomic E-state index is 5.85. The summed E-state index contributed by atoms with van der Waals surface area (Å²) in [7, 11) is 0. The highest BCUT2D eigenvalue weighted by Crippen LogP contribution is 2.19. The molecule has 1 aromatic heterocycles. The van der Waals surface area contributed by atoms with Crippen molar-refractivity contribution >= 4 is 5.82 Å². The van der Waals surface area contributed by atoms with Gasteiger partial charge in [-0.1, -0.05) is 0 Å². The van der Waals surface area contributed by atoms with Crippen LogP contribution in [0.4, 0.5) is 5.82 Å². The Morgan fingerprint density at radius 3 is 2.90 bits per heavy atom. The minimum atomic E-state index is 0.392. The molecule has 1 aliphatic heterocycles. The molecule has 6 nitrogen and oxygen atoms in total. The molecule has 0 atom stereocenters. The molecule has 112 valence electrons. The topological polar surface area (TPSA) is 68.3 Å². The van der Waals surface area contributed by atoms with E-state index in [-0.39, 0.29) is 0 Å². The molecule has 1 saturated heterocycles. The highest BCUT2D eigenvalue weighted by Gasteiger charge is 2.13. The van der Waals surface area contributed by atoms with E-state index >= 15 is 0 Å². The average Bonchev–Trinajstić information content (AvgIpc) is 2.48. The van der Waals surface area contributed by atoms with E-state index in [0.717, 1.165) is 43.9 Å². The third-order valence-electron chi connectivity index (χ3n) is 3.35. The number of rotatable bonds is 7. The zero-order valence-corrected chi connectivity index (χ0v) is 12.3. The van der Waals surface area contributed by atoms with Crippen LogP contribution in [0.5, 0.6) is 5.88 Å². The van der Waals surface area contributed by atoms with Gasteiger partial charge < -0.3 is 20.1 Å². The molecule has 2 rings (SSSR count). The van der Waals surface area contributed by atoms with Crippen molar-refractivity contribution in [3.8, 4) is 5.88 Å². The molecular formula is C14H24N4O2. The Labute approximate surface area is 120 Å². The first-order valence-electron chi connectivity index (χ1n) is 7.32. The molecule has 0 amide bonds. The summed E-state index contributed by atoms with van der Waals surface area (Å²) in [5.74, 6) is 1.46. The van der Waals surface area contributed by atoms with Crippen LogP contribution in [0.25, 0.3) is 0 Å². The van der Waals surface area contributed by atoms with Gasteiger partial charge in [-0.3, -0.25) is 0 Å². The number of nitrogens with one attached hydrogen (secondary N) is 2. The number of hydrogen-bond acceptors (Lipinski definition) is 6. The van der Waals surface area contributed by atoms with Crippen molar-refractivity contribution in [2.75, 3.05) is 38.2 Å². The fraction of sp³-hybridized carbons (Fsp3) is 0.714. The lowest BCUT2D eigenvalue weighted by atomic mass is 10.1. The van der Waals surface area contributed by atoms with Gasteiger partial charge in [-0.25, -0.2) is 9.97 Å². The molecule has 0 bridgehead atoms. The van der Waals surface area contributed by atoms with E-state index in [1.807, 2.05) is 13.8 Å². The van der Waals surface area contributed by atoms with Crippen molar-refractivity contribution in [1.29, 1.82) is 0 Å². The lowest BCUT2D eigenvalue weighted by molar-refractivity contribution is 0.0394. The molecule has 20 heavy (non-hydrogen) atoms. The van der Waals surface area contributed by atoms with E-state index < -0.39 is 0 Å². The summed E-state index contributed by atoms with van der Waals surface area (Å²) in [4.78, 5) is 8.36. The maximum Gasteiger partial charge on any atom is 0.221 e. The third-order valence-corrected chi connectivity index (χ3v) is 3.35. The third kappa shape index (κ3) is 4.31. The lowest BCUT2D eigenvalue weighted by Crippen LogP contribution is -2.33. The van der Waals surface area contributed by atoms with Gasteiger partial charge in [-0.2, -0.15) is 0 Å². The Morgan fingerprint density at radius 2 is 2.15 bits per heavy atom. The van der Waals surface area contributed by atoms with Crippen molar-refractivity contribution in [2.45, 2.75) is 32.8 Å².